The highest BCUT2D eigenvalue weighted by Gasteiger charge is 2.09. The summed E-state index contributed by atoms with van der Waals surface area (Å²) in [6.45, 7) is 5.28. The lowest BCUT2D eigenvalue weighted by molar-refractivity contribution is 0.0506. The Morgan fingerprint density at radius 2 is 1.95 bits per heavy atom. The molecule has 1 aromatic heterocycles. The fourth-order valence-electron chi connectivity index (χ4n) is 1.89. The highest BCUT2D eigenvalue weighted by atomic mass is 35.5. The molecule has 3 nitrogen and oxygen atoms in total. The molecule has 2 aromatic rings. The minimum absolute atomic E-state index is 0.0110. The van der Waals surface area contributed by atoms with E-state index < -0.39 is 0 Å². The second-order valence-electron chi connectivity index (χ2n) is 4.52. The lowest BCUT2D eigenvalue weighted by Crippen LogP contribution is -2.05. The lowest BCUT2D eigenvalue weighted by Gasteiger charge is -2.14. The summed E-state index contributed by atoms with van der Waals surface area (Å²) in [6, 6.07) is 13.8. The van der Waals surface area contributed by atoms with Gasteiger partial charge in [-0.2, -0.15) is 0 Å². The summed E-state index contributed by atoms with van der Waals surface area (Å²) in [6.07, 6.45) is 0.0110. The first-order valence-electron chi connectivity index (χ1n) is 6.76. The van der Waals surface area contributed by atoms with Crippen LogP contribution in [-0.4, -0.2) is 11.5 Å². The molecule has 1 aromatic carbocycles. The van der Waals surface area contributed by atoms with E-state index in [-0.39, 0.29) is 6.10 Å². The van der Waals surface area contributed by atoms with E-state index in [4.69, 9.17) is 16.3 Å². The van der Waals surface area contributed by atoms with Crippen molar-refractivity contribution in [2.24, 2.45) is 0 Å². The largest absolute Gasteiger partial charge is 0.370 e. The summed E-state index contributed by atoms with van der Waals surface area (Å²) in [4.78, 5) is 4.46. The van der Waals surface area contributed by atoms with Gasteiger partial charge in [-0.05, 0) is 31.5 Å². The zero-order chi connectivity index (χ0) is 14.4. The summed E-state index contributed by atoms with van der Waals surface area (Å²) >= 11 is 6.16. The highest BCUT2D eigenvalue weighted by molar-refractivity contribution is 6.31. The Labute approximate surface area is 124 Å². The number of nitrogens with zero attached hydrogens (tertiary/aromatic N) is 1. The van der Waals surface area contributed by atoms with Crippen LogP contribution in [0, 0.1) is 0 Å². The van der Waals surface area contributed by atoms with Gasteiger partial charge in [-0.15, -0.1) is 0 Å². The maximum Gasteiger partial charge on any atom is 0.126 e. The summed E-state index contributed by atoms with van der Waals surface area (Å²) in [5.41, 5.74) is 1.90. The van der Waals surface area contributed by atoms with Crippen LogP contribution in [0.2, 0.25) is 5.02 Å². The zero-order valence-corrected chi connectivity index (χ0v) is 12.5. The van der Waals surface area contributed by atoms with Crippen LogP contribution in [0.15, 0.2) is 42.5 Å². The van der Waals surface area contributed by atoms with Crippen molar-refractivity contribution in [2.45, 2.75) is 26.6 Å². The average molecular weight is 291 g/mol. The highest BCUT2D eigenvalue weighted by Crippen LogP contribution is 2.22. The summed E-state index contributed by atoms with van der Waals surface area (Å²) in [5, 5.41) is 3.80. The maximum absolute atomic E-state index is 6.16. The van der Waals surface area contributed by atoms with Crippen molar-refractivity contribution in [1.82, 2.24) is 4.98 Å². The maximum atomic E-state index is 6.16. The molecule has 0 saturated heterocycles. The van der Waals surface area contributed by atoms with Crippen LogP contribution in [0.1, 0.15) is 31.2 Å². The van der Waals surface area contributed by atoms with Crippen LogP contribution in [0.5, 0.6) is 0 Å². The van der Waals surface area contributed by atoms with Crippen LogP contribution in [0.25, 0.3) is 0 Å². The molecular formula is C16H19ClN2O. The third kappa shape index (κ3) is 3.95. The standard InChI is InChI=1S/C16H19ClN2O/c1-3-18-16-10-9-14(17)15(19-16)11-20-12(2)13-7-5-4-6-8-13/h4-10,12H,3,11H2,1-2H3,(H,18,19). The molecule has 0 aliphatic rings. The van der Waals surface area contributed by atoms with Crippen molar-refractivity contribution in [2.75, 3.05) is 11.9 Å². The number of nitrogens with one attached hydrogen (secondary N) is 1. The predicted molar refractivity (Wildman–Crippen MR) is 83.1 cm³/mol. The van der Waals surface area contributed by atoms with Gasteiger partial charge in [-0.3, -0.25) is 0 Å². The van der Waals surface area contributed by atoms with Crippen LogP contribution in [-0.2, 0) is 11.3 Å². The first-order chi connectivity index (χ1) is 9.70. The van der Waals surface area contributed by atoms with E-state index in [0.29, 0.717) is 11.6 Å². The number of benzene rings is 1. The van der Waals surface area contributed by atoms with Gasteiger partial charge in [0.1, 0.15) is 5.82 Å². The van der Waals surface area contributed by atoms with Gasteiger partial charge in [-0.25, -0.2) is 4.98 Å². The summed E-state index contributed by atoms with van der Waals surface area (Å²) in [5.74, 6) is 0.822. The van der Waals surface area contributed by atoms with E-state index in [0.717, 1.165) is 23.6 Å². The molecular weight excluding hydrogens is 272 g/mol. The Kier molecular flexibility index (Phi) is 5.39. The van der Waals surface area contributed by atoms with Crippen LogP contribution in [0.4, 0.5) is 5.82 Å². The van der Waals surface area contributed by atoms with Crippen molar-refractivity contribution in [3.8, 4) is 0 Å². The Balaban J connectivity index is 2.01. The molecule has 0 radical (unpaired) electrons. The molecule has 0 fully saturated rings. The third-order valence-electron chi connectivity index (χ3n) is 3.02. The quantitative estimate of drug-likeness (QED) is 0.854. The Hall–Kier alpha value is -1.58. The second-order valence-corrected chi connectivity index (χ2v) is 4.93. The fraction of sp³-hybridized carbons (Fsp3) is 0.312. The SMILES string of the molecule is CCNc1ccc(Cl)c(COC(C)c2ccccc2)n1. The van der Waals surface area contributed by atoms with E-state index >= 15 is 0 Å². The van der Waals surface area contributed by atoms with Crippen LogP contribution >= 0.6 is 11.6 Å². The minimum atomic E-state index is 0.0110. The predicted octanol–water partition coefficient (Wildman–Crippen LogP) is 4.44. The van der Waals surface area contributed by atoms with Crippen molar-refractivity contribution in [3.63, 3.8) is 0 Å². The van der Waals surface area contributed by atoms with Crippen LogP contribution in [0.3, 0.4) is 0 Å². The number of rotatable bonds is 6. The third-order valence-corrected chi connectivity index (χ3v) is 3.36. The molecule has 0 amide bonds. The molecule has 4 heteroatoms. The van der Waals surface area contributed by atoms with Gasteiger partial charge in [0.2, 0.25) is 0 Å². The fourth-order valence-corrected chi connectivity index (χ4v) is 2.05. The van der Waals surface area contributed by atoms with Crippen molar-refractivity contribution >= 4 is 17.4 Å². The van der Waals surface area contributed by atoms with Gasteiger partial charge >= 0.3 is 0 Å². The van der Waals surface area contributed by atoms with E-state index in [9.17, 15) is 0 Å². The van der Waals surface area contributed by atoms with E-state index in [1.807, 2.05) is 44.2 Å². The van der Waals surface area contributed by atoms with Crippen LogP contribution < -0.4 is 5.32 Å². The minimum Gasteiger partial charge on any atom is -0.370 e. The zero-order valence-electron chi connectivity index (χ0n) is 11.8. The normalized spacial score (nSPS) is 12.2. The van der Waals surface area contributed by atoms with Gasteiger partial charge in [0.15, 0.2) is 0 Å². The Bertz CT molecular complexity index is 545. The molecule has 0 spiro atoms. The number of pyridine rings is 1. The molecule has 0 saturated carbocycles. The molecule has 106 valence electrons. The molecule has 1 atom stereocenters. The number of halogens is 1. The van der Waals surface area contributed by atoms with Gasteiger partial charge in [0.05, 0.1) is 23.4 Å². The van der Waals surface area contributed by atoms with Gasteiger partial charge in [0.25, 0.3) is 0 Å². The van der Waals surface area contributed by atoms with Gasteiger partial charge < -0.3 is 10.1 Å². The first kappa shape index (κ1) is 14.8. The number of anilines is 1. The Morgan fingerprint density at radius 3 is 2.65 bits per heavy atom. The molecule has 20 heavy (non-hydrogen) atoms. The van der Waals surface area contributed by atoms with E-state index in [1.165, 1.54) is 0 Å². The summed E-state index contributed by atoms with van der Waals surface area (Å²) < 4.78 is 5.85. The second kappa shape index (κ2) is 7.27. The average Bonchev–Trinajstić information content (AvgIpc) is 2.48. The molecule has 0 aliphatic heterocycles. The van der Waals surface area contributed by atoms with E-state index in [2.05, 4.69) is 22.4 Å². The number of hydrogen-bond acceptors (Lipinski definition) is 3. The van der Waals surface area contributed by atoms with Gasteiger partial charge in [-0.1, -0.05) is 41.9 Å². The smallest absolute Gasteiger partial charge is 0.126 e. The topological polar surface area (TPSA) is 34.1 Å². The molecule has 1 N–H and O–H groups in total. The van der Waals surface area contributed by atoms with Crippen molar-refractivity contribution in [3.05, 3.63) is 58.7 Å². The number of aromatic nitrogens is 1. The van der Waals surface area contributed by atoms with Gasteiger partial charge in [0, 0.05) is 6.54 Å². The van der Waals surface area contributed by atoms with Crippen molar-refractivity contribution < 1.29 is 4.74 Å². The van der Waals surface area contributed by atoms with E-state index in [1.54, 1.807) is 0 Å². The number of ether oxygens (including phenoxy) is 1. The molecule has 1 unspecified atom stereocenters. The Morgan fingerprint density at radius 1 is 1.20 bits per heavy atom. The monoisotopic (exact) mass is 290 g/mol. The molecule has 1 heterocycles. The van der Waals surface area contributed by atoms with Crippen molar-refractivity contribution in [1.29, 1.82) is 0 Å². The summed E-state index contributed by atoms with van der Waals surface area (Å²) in [7, 11) is 0. The lowest BCUT2D eigenvalue weighted by atomic mass is 10.1. The first-order valence-corrected chi connectivity index (χ1v) is 7.14. The number of hydrogen-bond donors (Lipinski definition) is 1. The molecule has 0 bridgehead atoms. The molecule has 0 aliphatic carbocycles. The molecule has 2 rings (SSSR count).